The number of hydrogen-bond acceptors (Lipinski definition) is 6. The van der Waals surface area contributed by atoms with Crippen LogP contribution in [0.2, 0.25) is 0 Å². The fourth-order valence-electron chi connectivity index (χ4n) is 5.34. The van der Waals surface area contributed by atoms with Crippen molar-refractivity contribution in [2.45, 2.75) is 82.6 Å². The van der Waals surface area contributed by atoms with Crippen LogP contribution in [0.4, 0.5) is 0 Å². The van der Waals surface area contributed by atoms with Gasteiger partial charge in [0.1, 0.15) is 0 Å². The summed E-state index contributed by atoms with van der Waals surface area (Å²) < 4.78 is 53.9. The number of sulfonamides is 2. The molecule has 0 aromatic heterocycles. The minimum Gasteiger partial charge on any atom is -0.464 e. The lowest BCUT2D eigenvalue weighted by Crippen LogP contribution is -2.54. The Balaban J connectivity index is 1.69. The summed E-state index contributed by atoms with van der Waals surface area (Å²) in [5, 5.41) is 0. The van der Waals surface area contributed by atoms with E-state index in [2.05, 4.69) is 0 Å². The van der Waals surface area contributed by atoms with Crippen molar-refractivity contribution in [3.63, 3.8) is 0 Å². The van der Waals surface area contributed by atoms with Gasteiger partial charge in [0.05, 0.1) is 11.4 Å². The van der Waals surface area contributed by atoms with E-state index in [0.29, 0.717) is 17.8 Å². The summed E-state index contributed by atoms with van der Waals surface area (Å²) in [5.74, 6) is 1.18. The molecule has 0 heterocycles. The van der Waals surface area contributed by atoms with Gasteiger partial charge in [-0.1, -0.05) is 0 Å². The highest BCUT2D eigenvalue weighted by Crippen LogP contribution is 2.60. The van der Waals surface area contributed by atoms with Gasteiger partial charge in [-0.3, -0.25) is 4.79 Å². The number of hydrogen-bond donors (Lipinski definition) is 1. The van der Waals surface area contributed by atoms with Crippen LogP contribution >= 0.6 is 0 Å². The normalized spacial score (nSPS) is 33.1. The van der Waals surface area contributed by atoms with Gasteiger partial charge in [0.25, 0.3) is 0 Å². The zero-order valence-corrected chi connectivity index (χ0v) is 19.1. The molecule has 4 aliphatic rings. The average molecular weight is 436 g/mol. The predicted molar refractivity (Wildman–Crippen MR) is 106 cm³/mol. The van der Waals surface area contributed by atoms with Crippen LogP contribution in [-0.2, 0) is 29.6 Å². The molecule has 0 amide bonds. The van der Waals surface area contributed by atoms with Crippen molar-refractivity contribution < 1.29 is 26.4 Å². The Bertz CT molecular complexity index is 816. The van der Waals surface area contributed by atoms with E-state index in [4.69, 9.17) is 4.74 Å². The van der Waals surface area contributed by atoms with Crippen LogP contribution in [0.15, 0.2) is 0 Å². The van der Waals surface area contributed by atoms with E-state index in [1.165, 1.54) is 53.9 Å². The summed E-state index contributed by atoms with van der Waals surface area (Å²) >= 11 is 0. The summed E-state index contributed by atoms with van der Waals surface area (Å²) in [6, 6.07) is 0. The second-order valence-corrected chi connectivity index (χ2v) is 15.6. The average Bonchev–Trinajstić information content (AvgIpc) is 2.49. The van der Waals surface area contributed by atoms with Crippen molar-refractivity contribution in [2.75, 3.05) is 6.61 Å². The second kappa shape index (κ2) is 6.67. The number of carbonyl (C=O) groups excluding carboxylic acids is 1. The number of carbonyl (C=O) groups is 1. The van der Waals surface area contributed by atoms with Crippen molar-refractivity contribution in [3.8, 4) is 0 Å². The molecule has 0 aromatic carbocycles. The van der Waals surface area contributed by atoms with Gasteiger partial charge in [-0.15, -0.1) is 4.13 Å². The Morgan fingerprint density at radius 3 is 1.71 bits per heavy atom. The van der Waals surface area contributed by atoms with Gasteiger partial charge in [0.2, 0.25) is 20.0 Å². The van der Waals surface area contributed by atoms with Crippen LogP contribution in [-0.4, -0.2) is 38.9 Å². The van der Waals surface area contributed by atoms with Gasteiger partial charge in [-0.25, -0.2) is 16.8 Å². The smallest absolute Gasteiger partial charge is 0.328 e. The number of nitrogens with one attached hydrogen (secondary N) is 1. The topological polar surface area (TPSA) is 107 Å². The molecule has 0 radical (unpaired) electrons. The molecule has 0 unspecified atom stereocenters. The Morgan fingerprint density at radius 2 is 1.32 bits per heavy atom. The maximum absolute atomic E-state index is 12.7. The van der Waals surface area contributed by atoms with Crippen LogP contribution in [0.3, 0.4) is 0 Å². The van der Waals surface area contributed by atoms with Crippen LogP contribution in [0, 0.1) is 23.2 Å². The molecule has 0 aliphatic heterocycles. The van der Waals surface area contributed by atoms with E-state index >= 15 is 0 Å². The maximum Gasteiger partial charge on any atom is 0.328 e. The van der Waals surface area contributed by atoms with Crippen molar-refractivity contribution in [3.05, 3.63) is 0 Å². The standard InChI is InChI=1S/C19H33NO6S2/c1-17(2,3)27(22,23)20-28(24,25)18(4,5)16(21)26-12-19-9-13-6-14(10-19)8-15(7-13)11-19/h13-15,20H,6-12H2,1-5H3. The van der Waals surface area contributed by atoms with Crippen molar-refractivity contribution in [1.82, 2.24) is 4.13 Å². The molecule has 28 heavy (non-hydrogen) atoms. The van der Waals surface area contributed by atoms with E-state index in [9.17, 15) is 21.6 Å². The molecular weight excluding hydrogens is 402 g/mol. The lowest BCUT2D eigenvalue weighted by atomic mass is 9.50. The van der Waals surface area contributed by atoms with Gasteiger partial charge in [0.15, 0.2) is 4.75 Å². The van der Waals surface area contributed by atoms with Crippen molar-refractivity contribution in [2.24, 2.45) is 23.2 Å². The predicted octanol–water partition coefficient (Wildman–Crippen LogP) is 2.57. The first kappa shape index (κ1) is 22.0. The highest BCUT2D eigenvalue weighted by atomic mass is 32.3. The Kier molecular flexibility index (Phi) is 5.25. The Hall–Kier alpha value is -0.670. The monoisotopic (exact) mass is 435 g/mol. The fourth-order valence-corrected chi connectivity index (χ4v) is 8.61. The molecule has 162 valence electrons. The van der Waals surface area contributed by atoms with E-state index in [1.807, 2.05) is 0 Å². The molecule has 0 saturated heterocycles. The summed E-state index contributed by atoms with van der Waals surface area (Å²) in [6.45, 7) is 6.78. The van der Waals surface area contributed by atoms with E-state index < -0.39 is 35.5 Å². The first-order valence-corrected chi connectivity index (χ1v) is 13.0. The number of ether oxygens (including phenoxy) is 1. The van der Waals surface area contributed by atoms with Gasteiger partial charge >= 0.3 is 5.97 Å². The van der Waals surface area contributed by atoms with E-state index in [1.54, 1.807) is 4.13 Å². The third-order valence-electron chi connectivity index (χ3n) is 6.86. The van der Waals surface area contributed by atoms with E-state index in [0.717, 1.165) is 19.3 Å². The summed E-state index contributed by atoms with van der Waals surface area (Å²) in [4.78, 5) is 12.7. The molecule has 7 nitrogen and oxygen atoms in total. The highest BCUT2D eigenvalue weighted by molar-refractivity contribution is 8.06. The first-order chi connectivity index (χ1) is 12.6. The maximum atomic E-state index is 12.7. The molecule has 4 rings (SSSR count). The van der Waals surface area contributed by atoms with Gasteiger partial charge in [-0.2, -0.15) is 0 Å². The molecule has 9 heteroatoms. The highest BCUT2D eigenvalue weighted by Gasteiger charge is 2.53. The van der Waals surface area contributed by atoms with E-state index in [-0.39, 0.29) is 12.0 Å². The summed E-state index contributed by atoms with van der Waals surface area (Å²) in [7, 11) is -8.66. The van der Waals surface area contributed by atoms with Crippen molar-refractivity contribution >= 4 is 26.0 Å². The van der Waals surface area contributed by atoms with Crippen LogP contribution in [0.5, 0.6) is 0 Å². The zero-order chi connectivity index (χ0) is 21.2. The molecule has 0 aromatic rings. The zero-order valence-electron chi connectivity index (χ0n) is 17.4. The number of rotatable bonds is 6. The summed E-state index contributed by atoms with van der Waals surface area (Å²) in [5.41, 5.74) is -0.0326. The molecule has 4 saturated carbocycles. The molecule has 4 fully saturated rings. The Labute approximate surface area is 169 Å². The third-order valence-corrected chi connectivity index (χ3v) is 11.7. The lowest BCUT2D eigenvalue weighted by Gasteiger charge is -2.56. The Morgan fingerprint density at radius 1 is 0.893 bits per heavy atom. The van der Waals surface area contributed by atoms with Crippen molar-refractivity contribution in [1.29, 1.82) is 0 Å². The third kappa shape index (κ3) is 3.86. The molecular formula is C19H33NO6S2. The van der Waals surface area contributed by atoms with Crippen LogP contribution in [0.1, 0.15) is 73.1 Å². The van der Waals surface area contributed by atoms with Gasteiger partial charge < -0.3 is 4.74 Å². The second-order valence-electron chi connectivity index (χ2n) is 10.7. The lowest BCUT2D eigenvalue weighted by molar-refractivity contribution is -0.157. The SMILES string of the molecule is CC(C)(C)S(=O)(=O)NS(=O)(=O)C(C)(C)C(=O)OCC12CC3CC(CC(C3)C1)C2. The molecule has 0 atom stereocenters. The molecule has 1 N–H and O–H groups in total. The minimum atomic E-state index is -4.49. The minimum absolute atomic E-state index is 0.0326. The van der Waals surface area contributed by atoms with Crippen LogP contribution in [0.25, 0.3) is 0 Å². The molecule has 4 bridgehead atoms. The van der Waals surface area contributed by atoms with Gasteiger partial charge in [-0.05, 0) is 90.9 Å². The fraction of sp³-hybridized carbons (Fsp3) is 0.947. The summed E-state index contributed by atoms with van der Waals surface area (Å²) in [6.07, 6.45) is 6.91. The molecule has 0 spiro atoms. The quantitative estimate of drug-likeness (QED) is 0.643. The molecule has 4 aliphatic carbocycles. The van der Waals surface area contributed by atoms with Gasteiger partial charge in [0, 0.05) is 5.41 Å². The number of esters is 1. The van der Waals surface area contributed by atoms with Crippen LogP contribution < -0.4 is 4.13 Å². The largest absolute Gasteiger partial charge is 0.464 e. The first-order valence-electron chi connectivity index (χ1n) is 10.0.